The Morgan fingerprint density at radius 1 is 1.15 bits per heavy atom. The highest BCUT2D eigenvalue weighted by Gasteiger charge is 2.05. The van der Waals surface area contributed by atoms with Crippen LogP contribution in [0.3, 0.4) is 0 Å². The van der Waals surface area contributed by atoms with E-state index in [0.29, 0.717) is 16.1 Å². The van der Waals surface area contributed by atoms with E-state index in [2.05, 4.69) is 0 Å². The lowest BCUT2D eigenvalue weighted by molar-refractivity contribution is -0.384. The first kappa shape index (κ1) is 14.0. The molecule has 0 aliphatic carbocycles. The summed E-state index contributed by atoms with van der Waals surface area (Å²) in [6.45, 7) is 0. The molecule has 0 fully saturated rings. The van der Waals surface area contributed by atoms with E-state index in [1.165, 1.54) is 24.3 Å². The lowest BCUT2D eigenvalue weighted by Crippen LogP contribution is -1.93. The molecule has 0 heterocycles. The Balaban J connectivity index is 2.19. The van der Waals surface area contributed by atoms with Gasteiger partial charge in [0.2, 0.25) is 0 Å². The molecule has 0 unspecified atom stereocenters. The minimum absolute atomic E-state index is 0.0117. The number of hydrogen-bond acceptors (Lipinski definition) is 3. The van der Waals surface area contributed by atoms with Gasteiger partial charge in [-0.25, -0.2) is 0 Å². The van der Waals surface area contributed by atoms with Crippen molar-refractivity contribution >= 4 is 29.1 Å². The Morgan fingerprint density at radius 2 is 1.90 bits per heavy atom. The van der Waals surface area contributed by atoms with Crippen molar-refractivity contribution in [2.24, 2.45) is 0 Å². The van der Waals surface area contributed by atoms with Gasteiger partial charge in [0.15, 0.2) is 5.78 Å². The van der Waals surface area contributed by atoms with E-state index in [-0.39, 0.29) is 11.5 Å². The number of benzene rings is 2. The fourth-order valence-corrected chi connectivity index (χ4v) is 1.84. The first-order valence-corrected chi connectivity index (χ1v) is 6.16. The number of carbonyl (C=O) groups excluding carboxylic acids is 1. The van der Waals surface area contributed by atoms with Crippen LogP contribution in [0.15, 0.2) is 54.6 Å². The fraction of sp³-hybridized carbons (Fsp3) is 0. The quantitative estimate of drug-likeness (QED) is 0.367. The molecule has 0 amide bonds. The molecule has 0 spiro atoms. The number of halogens is 1. The largest absolute Gasteiger partial charge is 0.289 e. The summed E-state index contributed by atoms with van der Waals surface area (Å²) in [5.74, 6) is -0.209. The van der Waals surface area contributed by atoms with E-state index in [1.807, 2.05) is 0 Å². The number of non-ortho nitro benzene ring substituents is 1. The number of nitro benzene ring substituents is 1. The minimum Gasteiger partial charge on any atom is -0.289 e. The maximum Gasteiger partial charge on any atom is 0.270 e. The van der Waals surface area contributed by atoms with Crippen molar-refractivity contribution < 1.29 is 9.72 Å². The average Bonchev–Trinajstić information content (AvgIpc) is 2.45. The monoisotopic (exact) mass is 287 g/mol. The third-order valence-electron chi connectivity index (χ3n) is 2.62. The van der Waals surface area contributed by atoms with Crippen molar-refractivity contribution in [3.8, 4) is 0 Å². The van der Waals surface area contributed by atoms with Gasteiger partial charge in [-0.1, -0.05) is 41.9 Å². The van der Waals surface area contributed by atoms with Gasteiger partial charge < -0.3 is 0 Å². The molecular weight excluding hydrogens is 278 g/mol. The van der Waals surface area contributed by atoms with Crippen LogP contribution in [0.25, 0.3) is 6.08 Å². The second-order valence-electron chi connectivity index (χ2n) is 4.06. The zero-order valence-corrected chi connectivity index (χ0v) is 11.1. The van der Waals surface area contributed by atoms with Crippen LogP contribution < -0.4 is 0 Å². The Morgan fingerprint density at radius 3 is 2.60 bits per heavy atom. The molecule has 20 heavy (non-hydrogen) atoms. The number of nitro groups is 1. The molecule has 2 rings (SSSR count). The van der Waals surface area contributed by atoms with Crippen LogP contribution in [0.5, 0.6) is 0 Å². The zero-order valence-electron chi connectivity index (χ0n) is 10.3. The summed E-state index contributed by atoms with van der Waals surface area (Å²) in [6.07, 6.45) is 2.90. The molecule has 0 atom stereocenters. The summed E-state index contributed by atoms with van der Waals surface area (Å²) in [6, 6.07) is 12.7. The van der Waals surface area contributed by atoms with E-state index in [4.69, 9.17) is 11.6 Å². The third-order valence-corrected chi connectivity index (χ3v) is 2.85. The number of nitrogens with zero attached hydrogens (tertiary/aromatic N) is 1. The normalized spacial score (nSPS) is 10.7. The van der Waals surface area contributed by atoms with Crippen LogP contribution in [0.4, 0.5) is 5.69 Å². The van der Waals surface area contributed by atoms with Crippen molar-refractivity contribution in [2.45, 2.75) is 0 Å². The van der Waals surface area contributed by atoms with Crippen LogP contribution >= 0.6 is 11.6 Å². The summed E-state index contributed by atoms with van der Waals surface area (Å²) >= 11 is 5.81. The van der Waals surface area contributed by atoms with Crippen LogP contribution in [-0.4, -0.2) is 10.7 Å². The van der Waals surface area contributed by atoms with Crippen LogP contribution in [-0.2, 0) is 0 Å². The Kier molecular flexibility index (Phi) is 4.27. The van der Waals surface area contributed by atoms with Crippen molar-refractivity contribution in [1.29, 1.82) is 0 Å². The Bertz CT molecular complexity index is 695. The van der Waals surface area contributed by atoms with Crippen LogP contribution in [0.1, 0.15) is 15.9 Å². The maximum atomic E-state index is 11.9. The van der Waals surface area contributed by atoms with E-state index in [0.717, 1.165) is 0 Å². The van der Waals surface area contributed by atoms with E-state index in [1.54, 1.807) is 36.4 Å². The first-order valence-electron chi connectivity index (χ1n) is 5.79. The van der Waals surface area contributed by atoms with E-state index < -0.39 is 4.92 Å². The fourth-order valence-electron chi connectivity index (χ4n) is 1.65. The molecule has 0 aromatic heterocycles. The molecule has 2 aromatic rings. The molecule has 0 radical (unpaired) electrons. The summed E-state index contributed by atoms with van der Waals surface area (Å²) < 4.78 is 0. The minimum atomic E-state index is -0.476. The van der Waals surface area contributed by atoms with Crippen molar-refractivity contribution in [3.05, 3.63) is 80.9 Å². The van der Waals surface area contributed by atoms with Gasteiger partial charge in [-0.2, -0.15) is 0 Å². The van der Waals surface area contributed by atoms with Gasteiger partial charge in [-0.3, -0.25) is 14.9 Å². The van der Waals surface area contributed by atoms with Gasteiger partial charge in [-0.05, 0) is 23.8 Å². The SMILES string of the molecule is O=C(C=Cc1cccc([N+](=O)[O-])c1)c1cccc(Cl)c1. The molecule has 0 aliphatic rings. The highest BCUT2D eigenvalue weighted by molar-refractivity contribution is 6.31. The van der Waals surface area contributed by atoms with Gasteiger partial charge in [0.1, 0.15) is 0 Å². The summed E-state index contributed by atoms with van der Waals surface area (Å²) in [7, 11) is 0. The van der Waals surface area contributed by atoms with E-state index >= 15 is 0 Å². The lowest BCUT2D eigenvalue weighted by atomic mass is 10.1. The Labute approximate surface area is 120 Å². The number of ketones is 1. The Hall–Kier alpha value is -2.46. The van der Waals surface area contributed by atoms with Crippen LogP contribution in [0.2, 0.25) is 5.02 Å². The van der Waals surface area contributed by atoms with Gasteiger partial charge >= 0.3 is 0 Å². The summed E-state index contributed by atoms with van der Waals surface area (Å²) in [4.78, 5) is 22.1. The van der Waals surface area contributed by atoms with Gasteiger partial charge in [0, 0.05) is 22.7 Å². The topological polar surface area (TPSA) is 60.2 Å². The number of allylic oxidation sites excluding steroid dienone is 1. The maximum absolute atomic E-state index is 11.9. The molecule has 0 aliphatic heterocycles. The number of hydrogen-bond donors (Lipinski definition) is 0. The van der Waals surface area contributed by atoms with Gasteiger partial charge in [0.05, 0.1) is 4.92 Å². The molecule has 4 nitrogen and oxygen atoms in total. The first-order chi connectivity index (χ1) is 9.56. The highest BCUT2D eigenvalue weighted by atomic mass is 35.5. The molecule has 100 valence electrons. The molecule has 2 aromatic carbocycles. The van der Waals surface area contributed by atoms with Crippen molar-refractivity contribution in [1.82, 2.24) is 0 Å². The second-order valence-corrected chi connectivity index (χ2v) is 4.50. The molecule has 0 bridgehead atoms. The highest BCUT2D eigenvalue weighted by Crippen LogP contribution is 2.15. The van der Waals surface area contributed by atoms with Gasteiger partial charge in [-0.15, -0.1) is 0 Å². The molecule has 0 saturated carbocycles. The lowest BCUT2D eigenvalue weighted by Gasteiger charge is -1.97. The second kappa shape index (κ2) is 6.12. The number of rotatable bonds is 4. The number of carbonyl (C=O) groups is 1. The van der Waals surface area contributed by atoms with E-state index in [9.17, 15) is 14.9 Å². The van der Waals surface area contributed by atoms with Crippen molar-refractivity contribution in [2.75, 3.05) is 0 Å². The third kappa shape index (κ3) is 3.52. The molecule has 0 N–H and O–H groups in total. The average molecular weight is 288 g/mol. The standard InChI is InChI=1S/C15H10ClNO3/c16-13-5-2-4-12(10-13)15(18)8-7-11-3-1-6-14(9-11)17(19)20/h1-10H. The molecule has 0 saturated heterocycles. The zero-order chi connectivity index (χ0) is 14.5. The van der Waals surface area contributed by atoms with Crippen molar-refractivity contribution in [3.63, 3.8) is 0 Å². The van der Waals surface area contributed by atoms with Gasteiger partial charge in [0.25, 0.3) is 5.69 Å². The molecular formula is C15H10ClNO3. The summed E-state index contributed by atoms with van der Waals surface area (Å²) in [5, 5.41) is 11.1. The molecule has 5 heteroatoms. The van der Waals surface area contributed by atoms with Crippen LogP contribution in [0, 0.1) is 10.1 Å². The smallest absolute Gasteiger partial charge is 0.270 e. The summed E-state index contributed by atoms with van der Waals surface area (Å²) in [5.41, 5.74) is 1.05. The predicted octanol–water partition coefficient (Wildman–Crippen LogP) is 4.14. The predicted molar refractivity (Wildman–Crippen MR) is 77.9 cm³/mol.